The van der Waals surface area contributed by atoms with Crippen LogP contribution in [0.4, 0.5) is 4.39 Å². The van der Waals surface area contributed by atoms with E-state index in [0.717, 1.165) is 19.3 Å². The van der Waals surface area contributed by atoms with Gasteiger partial charge in [-0.2, -0.15) is 11.8 Å². The van der Waals surface area contributed by atoms with Gasteiger partial charge in [0.15, 0.2) is 0 Å². The number of allylic oxidation sites excluding steroid dienone is 2. The number of ketones is 1. The van der Waals surface area contributed by atoms with Gasteiger partial charge >= 0.3 is 5.97 Å². The van der Waals surface area contributed by atoms with Crippen LogP contribution in [0.25, 0.3) is 0 Å². The molecule has 1 saturated carbocycles. The second-order valence-corrected chi connectivity index (χ2v) is 9.38. The van der Waals surface area contributed by atoms with Crippen molar-refractivity contribution in [1.29, 1.82) is 0 Å². The molecule has 1 aromatic rings. The molecule has 0 aliphatic heterocycles. The molecule has 0 saturated heterocycles. The average molecular weight is 453 g/mol. The first-order valence-electron chi connectivity index (χ1n) is 11.0. The van der Waals surface area contributed by atoms with Gasteiger partial charge in [-0.1, -0.05) is 44.1 Å². The molecule has 7 heteroatoms. The zero-order chi connectivity index (χ0) is 22.8. The topological polar surface area (TPSA) is 94.8 Å². The molecule has 1 fully saturated rings. The van der Waals surface area contributed by atoms with Crippen molar-refractivity contribution in [2.24, 2.45) is 5.92 Å². The maximum atomic E-state index is 13.1. The first kappa shape index (κ1) is 25.6. The number of benzene rings is 1. The first-order valence-corrected chi connectivity index (χ1v) is 12.0. The van der Waals surface area contributed by atoms with Crippen molar-refractivity contribution in [2.45, 2.75) is 75.2 Å². The highest BCUT2D eigenvalue weighted by molar-refractivity contribution is 8.00. The van der Waals surface area contributed by atoms with Crippen molar-refractivity contribution in [2.75, 3.05) is 5.75 Å². The summed E-state index contributed by atoms with van der Waals surface area (Å²) in [4.78, 5) is 23.9. The molecule has 1 aliphatic carbocycles. The Labute approximate surface area is 187 Å². The monoisotopic (exact) mass is 452 g/mol. The maximum absolute atomic E-state index is 13.1. The van der Waals surface area contributed by atoms with Gasteiger partial charge in [-0.15, -0.1) is 0 Å². The second-order valence-electron chi connectivity index (χ2n) is 8.17. The van der Waals surface area contributed by atoms with Crippen molar-refractivity contribution in [3.05, 3.63) is 47.8 Å². The van der Waals surface area contributed by atoms with Gasteiger partial charge in [-0.05, 0) is 43.4 Å². The molecule has 0 heterocycles. The van der Waals surface area contributed by atoms with Crippen molar-refractivity contribution >= 4 is 23.5 Å². The number of carbonyl (C=O) groups is 2. The Bertz CT molecular complexity index is 736. The Morgan fingerprint density at radius 1 is 1.26 bits per heavy atom. The molecule has 31 heavy (non-hydrogen) atoms. The average Bonchev–Trinajstić information content (AvgIpc) is 3.00. The number of aliphatic hydroxyl groups excluding tert-OH is 2. The number of aliphatic hydroxyl groups is 2. The van der Waals surface area contributed by atoms with Gasteiger partial charge < -0.3 is 15.3 Å². The quantitative estimate of drug-likeness (QED) is 0.386. The zero-order valence-electron chi connectivity index (χ0n) is 18.0. The van der Waals surface area contributed by atoms with Crippen LogP contribution in [0.3, 0.4) is 0 Å². The van der Waals surface area contributed by atoms with E-state index in [9.17, 15) is 29.3 Å². The summed E-state index contributed by atoms with van der Waals surface area (Å²) in [5.74, 6) is -1.82. The fourth-order valence-corrected chi connectivity index (χ4v) is 5.34. The van der Waals surface area contributed by atoms with Crippen LogP contribution in [0.15, 0.2) is 36.4 Å². The van der Waals surface area contributed by atoms with Crippen molar-refractivity contribution in [3.8, 4) is 0 Å². The minimum atomic E-state index is -0.952. The number of carboxylic acid groups (broad SMARTS) is 1. The van der Waals surface area contributed by atoms with E-state index in [1.807, 2.05) is 12.2 Å². The van der Waals surface area contributed by atoms with Crippen molar-refractivity contribution in [1.82, 2.24) is 0 Å². The van der Waals surface area contributed by atoms with Gasteiger partial charge in [0.05, 0.1) is 18.1 Å². The van der Waals surface area contributed by atoms with E-state index < -0.39 is 29.9 Å². The molecule has 1 aliphatic rings. The highest BCUT2D eigenvalue weighted by Crippen LogP contribution is 2.36. The van der Waals surface area contributed by atoms with Crippen LogP contribution in [-0.2, 0) is 9.59 Å². The van der Waals surface area contributed by atoms with E-state index in [1.54, 1.807) is 0 Å². The minimum absolute atomic E-state index is 0.0347. The molecule has 0 bridgehead atoms. The predicted octanol–water partition coefficient (Wildman–Crippen LogP) is 4.32. The van der Waals surface area contributed by atoms with Gasteiger partial charge in [0.25, 0.3) is 0 Å². The number of halogens is 1. The Morgan fingerprint density at radius 3 is 2.61 bits per heavy atom. The molecule has 5 atom stereocenters. The van der Waals surface area contributed by atoms with Crippen LogP contribution in [0.1, 0.15) is 63.4 Å². The highest BCUT2D eigenvalue weighted by Gasteiger charge is 2.41. The molecule has 3 unspecified atom stereocenters. The van der Waals surface area contributed by atoms with Gasteiger partial charge in [-0.25, -0.2) is 4.39 Å². The minimum Gasteiger partial charge on any atom is -0.481 e. The van der Waals surface area contributed by atoms with Crippen LogP contribution >= 0.6 is 11.8 Å². The Hall–Kier alpha value is -1.70. The lowest BCUT2D eigenvalue weighted by Crippen LogP contribution is -2.25. The molecule has 0 radical (unpaired) electrons. The summed E-state index contributed by atoms with van der Waals surface area (Å²) in [7, 11) is 0. The van der Waals surface area contributed by atoms with E-state index in [0.29, 0.717) is 30.6 Å². The Balaban J connectivity index is 1.85. The van der Waals surface area contributed by atoms with Crippen molar-refractivity contribution < 1.29 is 29.3 Å². The second kappa shape index (κ2) is 13.0. The number of Topliss-reactive ketones (excluding diaryl/α,β-unsaturated/α-hetero) is 1. The number of hydrogen-bond acceptors (Lipinski definition) is 5. The summed E-state index contributed by atoms with van der Waals surface area (Å²) in [5.41, 5.74) is 0.564. The Morgan fingerprint density at radius 2 is 1.97 bits per heavy atom. The summed E-state index contributed by atoms with van der Waals surface area (Å²) in [6.45, 7) is 2.07. The molecule has 1 aromatic carbocycles. The smallest absolute Gasteiger partial charge is 0.310 e. The summed E-state index contributed by atoms with van der Waals surface area (Å²) in [5, 5.41) is 29.6. The largest absolute Gasteiger partial charge is 0.481 e. The first-order chi connectivity index (χ1) is 14.8. The normalized spacial score (nSPS) is 23.4. The van der Waals surface area contributed by atoms with E-state index in [1.165, 1.54) is 36.0 Å². The third-order valence-electron chi connectivity index (χ3n) is 5.72. The number of unbranched alkanes of at least 4 members (excludes halogenated alkanes) is 1. The third-order valence-corrected chi connectivity index (χ3v) is 7.33. The maximum Gasteiger partial charge on any atom is 0.310 e. The van der Waals surface area contributed by atoms with Crippen molar-refractivity contribution in [3.63, 3.8) is 0 Å². The van der Waals surface area contributed by atoms with Crippen LogP contribution in [0.2, 0.25) is 0 Å². The third kappa shape index (κ3) is 8.05. The number of rotatable bonds is 13. The SMILES string of the molecule is CCCCC(O)CS[C@H]1C(O)CC(=O)[C@@H]1CC=CCCC(C(=O)O)c1ccc(F)cc1. The molecule has 0 amide bonds. The number of carbonyl (C=O) groups excluding carboxylic acids is 1. The number of carboxylic acids is 1. The fraction of sp³-hybridized carbons (Fsp3) is 0.583. The lowest BCUT2D eigenvalue weighted by atomic mass is 9.94. The number of hydrogen-bond donors (Lipinski definition) is 3. The Kier molecular flexibility index (Phi) is 10.7. The summed E-state index contributed by atoms with van der Waals surface area (Å²) in [6, 6.07) is 5.50. The summed E-state index contributed by atoms with van der Waals surface area (Å²) < 4.78 is 13.1. The van der Waals surface area contributed by atoms with Gasteiger partial charge in [0.2, 0.25) is 0 Å². The van der Waals surface area contributed by atoms with Crippen LogP contribution in [-0.4, -0.2) is 50.3 Å². The molecule has 3 N–H and O–H groups in total. The summed E-state index contributed by atoms with van der Waals surface area (Å²) >= 11 is 1.47. The molecular formula is C24H33FO5S. The van der Waals surface area contributed by atoms with Gasteiger partial charge in [0, 0.05) is 23.3 Å². The van der Waals surface area contributed by atoms with E-state index in [-0.39, 0.29) is 23.4 Å². The molecule has 0 aromatic heterocycles. The van der Waals surface area contributed by atoms with E-state index in [4.69, 9.17) is 0 Å². The van der Waals surface area contributed by atoms with Gasteiger partial charge in [-0.3, -0.25) is 9.59 Å². The predicted molar refractivity (Wildman–Crippen MR) is 121 cm³/mol. The van der Waals surface area contributed by atoms with Gasteiger partial charge in [0.1, 0.15) is 11.6 Å². The van der Waals surface area contributed by atoms with Crippen LogP contribution in [0.5, 0.6) is 0 Å². The standard InChI is InChI=1S/C24H33FO5S/c1-2-3-7-18(26)15-31-23-20(21(27)14-22(23)28)9-6-4-5-8-19(24(29)30)16-10-12-17(25)13-11-16/h4,6,10-13,18-20,22-23,26,28H,2-3,5,7-9,14-15H2,1H3,(H,29,30)/t18?,19?,20-,22?,23+/m0/s1. The molecule has 2 rings (SSSR count). The number of aliphatic carboxylic acids is 1. The van der Waals surface area contributed by atoms with Crippen LogP contribution < -0.4 is 0 Å². The zero-order valence-corrected chi connectivity index (χ0v) is 18.8. The molecular weight excluding hydrogens is 419 g/mol. The summed E-state index contributed by atoms with van der Waals surface area (Å²) in [6.07, 6.45) is 6.86. The lowest BCUT2D eigenvalue weighted by Gasteiger charge is -2.21. The molecule has 172 valence electrons. The molecule has 5 nitrogen and oxygen atoms in total. The fourth-order valence-electron chi connectivity index (χ4n) is 3.91. The van der Waals surface area contributed by atoms with Crippen LogP contribution in [0, 0.1) is 11.7 Å². The molecule has 0 spiro atoms. The van der Waals surface area contributed by atoms with E-state index in [2.05, 4.69) is 6.92 Å². The highest BCUT2D eigenvalue weighted by atomic mass is 32.2. The lowest BCUT2D eigenvalue weighted by molar-refractivity contribution is -0.139. The van der Waals surface area contributed by atoms with E-state index >= 15 is 0 Å². The number of thioether (sulfide) groups is 1.